The lowest BCUT2D eigenvalue weighted by Gasteiger charge is -2.29. The molecule has 226 valence electrons. The number of cyclic esters (lactones) is 1. The van der Waals surface area contributed by atoms with Gasteiger partial charge in [0.2, 0.25) is 11.8 Å². The van der Waals surface area contributed by atoms with E-state index >= 15 is 0 Å². The largest absolute Gasteiger partial charge is 0.490 e. The molecule has 0 bridgehead atoms. The van der Waals surface area contributed by atoms with Gasteiger partial charge in [-0.25, -0.2) is 9.59 Å². The van der Waals surface area contributed by atoms with E-state index in [4.69, 9.17) is 14.2 Å². The third kappa shape index (κ3) is 14.2. The van der Waals surface area contributed by atoms with Gasteiger partial charge in [-0.3, -0.25) is 9.59 Å². The van der Waals surface area contributed by atoms with Crippen LogP contribution in [0.3, 0.4) is 0 Å². The second-order valence-electron chi connectivity index (χ2n) is 10.5. The van der Waals surface area contributed by atoms with Gasteiger partial charge >= 0.3 is 12.1 Å². The molecule has 1 heterocycles. The van der Waals surface area contributed by atoms with Crippen LogP contribution in [-0.2, 0) is 28.6 Å². The fourth-order valence-electron chi connectivity index (χ4n) is 3.63. The van der Waals surface area contributed by atoms with Gasteiger partial charge in [0.1, 0.15) is 18.2 Å². The van der Waals surface area contributed by atoms with E-state index in [2.05, 4.69) is 16.0 Å². The van der Waals surface area contributed by atoms with E-state index in [-0.39, 0.29) is 23.9 Å². The number of methoxy groups -OCH3 is 1. The molecule has 10 nitrogen and oxygen atoms in total. The number of hydrogen-bond donors (Lipinski definition) is 3. The summed E-state index contributed by atoms with van der Waals surface area (Å²) in [6.07, 6.45) is 18.1. The molecule has 3 amide bonds. The molecule has 0 saturated heterocycles. The first-order valence-electron chi connectivity index (χ1n) is 13.6. The van der Waals surface area contributed by atoms with Gasteiger partial charge in [0, 0.05) is 38.8 Å². The maximum Gasteiger partial charge on any atom is 0.407 e. The van der Waals surface area contributed by atoms with Crippen LogP contribution in [0.15, 0.2) is 72.2 Å². The average molecular weight is 572 g/mol. The Kier molecular flexibility index (Phi) is 15.6. The second-order valence-corrected chi connectivity index (χ2v) is 10.5. The molecular weight excluding hydrogens is 526 g/mol. The number of hydrogen-bond acceptors (Lipinski definition) is 7. The minimum absolute atomic E-state index is 0.228. The van der Waals surface area contributed by atoms with Gasteiger partial charge < -0.3 is 30.2 Å². The maximum absolute atomic E-state index is 12.9. The quantitative estimate of drug-likeness (QED) is 0.121. The van der Waals surface area contributed by atoms with E-state index in [0.29, 0.717) is 25.7 Å². The van der Waals surface area contributed by atoms with Crippen LogP contribution in [0.2, 0.25) is 0 Å². The van der Waals surface area contributed by atoms with Crippen LogP contribution in [0.5, 0.6) is 0 Å². The zero-order valence-corrected chi connectivity index (χ0v) is 25.2. The molecule has 0 aromatic rings. The molecule has 3 unspecified atom stereocenters. The number of carbonyl (C=O) groups excluding carboxylic acids is 4. The lowest BCUT2D eigenvalue weighted by atomic mass is 9.86. The number of alkyl carbamates (subject to hydrolysis) is 1. The van der Waals surface area contributed by atoms with Crippen LogP contribution in [0, 0.1) is 5.41 Å². The summed E-state index contributed by atoms with van der Waals surface area (Å²) in [6.45, 7) is 9.37. The Labute approximate surface area is 243 Å². The maximum atomic E-state index is 12.9. The van der Waals surface area contributed by atoms with Crippen molar-refractivity contribution >= 4 is 23.9 Å². The van der Waals surface area contributed by atoms with E-state index in [1.54, 1.807) is 24.3 Å². The van der Waals surface area contributed by atoms with Crippen LogP contribution < -0.4 is 16.0 Å². The number of allylic oxidation sites excluding steroid dienone is 5. The standard InChI is InChI=1S/C31H45N3O7/c1-8-9-14-23(41-30(38)32-6)15-12-21-33-28(36)27(31(3,4)5)34-26(35)16-11-10-13-22(2)17-18-24-19-20-25(39-7)29(37)40-24/h8-13,16-17,20-21,23-24,27H,14-15,18-19H2,1-7H3,(H,32,38)(H,33,36)(H,34,35)/b9-8-,13-10-,16-11-,21-12-,22-17+. The van der Waals surface area contributed by atoms with Crippen LogP contribution in [-0.4, -0.2) is 56.3 Å². The molecule has 3 atom stereocenters. The predicted molar refractivity (Wildman–Crippen MR) is 158 cm³/mol. The molecular formula is C31H45N3O7. The van der Waals surface area contributed by atoms with Gasteiger partial charge in [0.05, 0.1) is 7.11 Å². The Hall–Kier alpha value is -4.08. The molecule has 0 aliphatic carbocycles. The summed E-state index contributed by atoms with van der Waals surface area (Å²) < 4.78 is 15.6. The van der Waals surface area contributed by atoms with Crippen LogP contribution in [0.1, 0.15) is 60.3 Å². The van der Waals surface area contributed by atoms with Crippen molar-refractivity contribution in [1.29, 1.82) is 0 Å². The summed E-state index contributed by atoms with van der Waals surface area (Å²) in [6, 6.07) is -0.790. The Morgan fingerprint density at radius 3 is 2.44 bits per heavy atom. The van der Waals surface area contributed by atoms with E-state index in [1.807, 2.05) is 58.9 Å². The highest BCUT2D eigenvalue weighted by Gasteiger charge is 2.32. The second kappa shape index (κ2) is 18.3. The number of amides is 3. The number of carbonyl (C=O) groups is 4. The summed E-state index contributed by atoms with van der Waals surface area (Å²) in [5.41, 5.74) is 0.398. The van der Waals surface area contributed by atoms with Crippen molar-refractivity contribution in [2.24, 2.45) is 5.41 Å². The van der Waals surface area contributed by atoms with Gasteiger partial charge in [0.15, 0.2) is 5.76 Å². The molecule has 0 aromatic heterocycles. The third-order valence-electron chi connectivity index (χ3n) is 5.95. The van der Waals surface area contributed by atoms with Crippen molar-refractivity contribution in [2.75, 3.05) is 14.2 Å². The molecule has 1 rings (SSSR count). The summed E-state index contributed by atoms with van der Waals surface area (Å²) in [5, 5.41) is 7.90. The molecule has 1 aliphatic heterocycles. The minimum atomic E-state index is -0.790. The van der Waals surface area contributed by atoms with Crippen LogP contribution >= 0.6 is 0 Å². The topological polar surface area (TPSA) is 132 Å². The molecule has 41 heavy (non-hydrogen) atoms. The number of esters is 1. The van der Waals surface area contributed by atoms with Crippen molar-refractivity contribution in [2.45, 2.75) is 78.6 Å². The normalized spacial score (nSPS) is 17.8. The summed E-state index contributed by atoms with van der Waals surface area (Å²) in [4.78, 5) is 48.7. The Morgan fingerprint density at radius 1 is 1.15 bits per heavy atom. The Balaban J connectivity index is 2.64. The smallest absolute Gasteiger partial charge is 0.407 e. The Bertz CT molecular complexity index is 1080. The molecule has 0 radical (unpaired) electrons. The molecule has 0 saturated carbocycles. The van der Waals surface area contributed by atoms with Crippen LogP contribution in [0.25, 0.3) is 0 Å². The van der Waals surface area contributed by atoms with Crippen molar-refractivity contribution < 1.29 is 33.4 Å². The van der Waals surface area contributed by atoms with Crippen LogP contribution in [0.4, 0.5) is 4.79 Å². The highest BCUT2D eigenvalue weighted by Crippen LogP contribution is 2.20. The first kappa shape index (κ1) is 34.9. The molecule has 0 aromatic carbocycles. The van der Waals surface area contributed by atoms with Gasteiger partial charge in [-0.05, 0) is 31.5 Å². The molecule has 10 heteroatoms. The summed E-state index contributed by atoms with van der Waals surface area (Å²) in [5.74, 6) is -1.00. The van der Waals surface area contributed by atoms with Gasteiger partial charge in [0.25, 0.3) is 0 Å². The highest BCUT2D eigenvalue weighted by atomic mass is 16.6. The van der Waals surface area contributed by atoms with Gasteiger partial charge in [-0.1, -0.05) is 68.9 Å². The van der Waals surface area contributed by atoms with E-state index in [1.165, 1.54) is 26.4 Å². The number of rotatable bonds is 14. The fourth-order valence-corrected chi connectivity index (χ4v) is 3.63. The van der Waals surface area contributed by atoms with Gasteiger partial charge in [-0.2, -0.15) is 0 Å². The summed E-state index contributed by atoms with van der Waals surface area (Å²) >= 11 is 0. The van der Waals surface area contributed by atoms with E-state index < -0.39 is 29.4 Å². The highest BCUT2D eigenvalue weighted by molar-refractivity contribution is 5.93. The molecule has 0 fully saturated rings. The first-order chi connectivity index (χ1) is 19.4. The van der Waals surface area contributed by atoms with Crippen molar-refractivity contribution in [3.63, 3.8) is 0 Å². The van der Waals surface area contributed by atoms with Crippen molar-refractivity contribution in [3.05, 3.63) is 72.2 Å². The van der Waals surface area contributed by atoms with E-state index in [9.17, 15) is 19.2 Å². The monoisotopic (exact) mass is 571 g/mol. The van der Waals surface area contributed by atoms with Gasteiger partial charge in [-0.15, -0.1) is 0 Å². The zero-order chi connectivity index (χ0) is 30.8. The lowest BCUT2D eigenvalue weighted by molar-refractivity contribution is -0.149. The minimum Gasteiger partial charge on any atom is -0.490 e. The number of nitrogens with one attached hydrogen (secondary N) is 3. The first-order valence-corrected chi connectivity index (χ1v) is 13.6. The van der Waals surface area contributed by atoms with Crippen molar-refractivity contribution in [3.8, 4) is 0 Å². The average Bonchev–Trinajstić information content (AvgIpc) is 2.92. The molecule has 3 N–H and O–H groups in total. The molecule has 1 aliphatic rings. The fraction of sp³-hybridized carbons (Fsp3) is 0.484. The van der Waals surface area contributed by atoms with E-state index in [0.717, 1.165) is 5.57 Å². The predicted octanol–water partition coefficient (Wildman–Crippen LogP) is 4.52. The lowest BCUT2D eigenvalue weighted by Crippen LogP contribution is -2.52. The zero-order valence-electron chi connectivity index (χ0n) is 25.2. The summed E-state index contributed by atoms with van der Waals surface area (Å²) in [7, 11) is 2.93. The SMILES string of the molecule is C/C=C\CC(C/C=C\NC(=O)C(NC(=O)\C=C/C=C\C(C)=C\CC1CC=C(OC)C(=O)O1)C(C)(C)C)OC(=O)NC. The third-order valence-corrected chi connectivity index (χ3v) is 5.95. The van der Waals surface area contributed by atoms with Crippen molar-refractivity contribution in [1.82, 2.24) is 16.0 Å². The Morgan fingerprint density at radius 2 is 1.83 bits per heavy atom. The molecule has 0 spiro atoms. The number of ether oxygens (including phenoxy) is 3.